The molecule has 4 N–H and O–H groups in total. The summed E-state index contributed by atoms with van der Waals surface area (Å²) < 4.78 is 5.66. The molecule has 11 heteroatoms. The zero-order chi connectivity index (χ0) is 31.4. The van der Waals surface area contributed by atoms with Crippen molar-refractivity contribution in [2.75, 3.05) is 20.2 Å². The zero-order valence-electron chi connectivity index (χ0n) is 26.0. The van der Waals surface area contributed by atoms with Crippen molar-refractivity contribution in [1.29, 1.82) is 0 Å². The molecule has 1 aromatic heterocycles. The number of carbonyl (C=O) groups is 4. The molecule has 1 aliphatic heterocycles. The summed E-state index contributed by atoms with van der Waals surface area (Å²) >= 11 is 3.59. The number of nitrogens with zero attached hydrogens (tertiary/aromatic N) is 1. The fourth-order valence-electron chi connectivity index (χ4n) is 5.52. The van der Waals surface area contributed by atoms with Crippen LogP contribution in [-0.4, -0.2) is 72.0 Å². The molecule has 1 aliphatic rings. The number of benzene rings is 1. The number of hydrogen-bond donors (Lipinski definition) is 4. The van der Waals surface area contributed by atoms with Gasteiger partial charge in [-0.05, 0) is 59.2 Å². The molecule has 43 heavy (non-hydrogen) atoms. The zero-order valence-corrected chi connectivity index (χ0v) is 27.6. The fraction of sp³-hybridized carbons (Fsp3) is 0.625. The molecule has 1 aromatic carbocycles. The molecule has 3 rings (SSSR count). The van der Waals surface area contributed by atoms with E-state index in [0.29, 0.717) is 30.5 Å². The van der Waals surface area contributed by atoms with Gasteiger partial charge in [0.05, 0.1) is 11.7 Å². The van der Waals surface area contributed by atoms with Crippen LogP contribution in [0.1, 0.15) is 84.1 Å². The second kappa shape index (κ2) is 17.3. The second-order valence-corrected chi connectivity index (χ2v) is 12.6. The number of carbonyl (C=O) groups excluding carboxylic acids is 4. The minimum absolute atomic E-state index is 0.121. The third kappa shape index (κ3) is 10.3. The molecule has 0 spiro atoms. The molecule has 1 fully saturated rings. The predicted octanol–water partition coefficient (Wildman–Crippen LogP) is 5.20. The first-order valence-electron chi connectivity index (χ1n) is 15.6. The molecular formula is C32H48BrN5O5. The Kier molecular flexibility index (Phi) is 13.8. The minimum atomic E-state index is -1.01. The Morgan fingerprint density at radius 1 is 0.930 bits per heavy atom. The van der Waals surface area contributed by atoms with Gasteiger partial charge in [-0.25, -0.2) is 9.59 Å². The average Bonchev–Trinajstić information content (AvgIpc) is 3.27. The molecule has 1 saturated heterocycles. The van der Waals surface area contributed by atoms with Crippen molar-refractivity contribution in [3.05, 3.63) is 34.4 Å². The number of aromatic nitrogens is 1. The van der Waals surface area contributed by atoms with Gasteiger partial charge in [-0.2, -0.15) is 0 Å². The van der Waals surface area contributed by atoms with E-state index >= 15 is 0 Å². The quantitative estimate of drug-likeness (QED) is 0.219. The van der Waals surface area contributed by atoms with E-state index in [0.717, 1.165) is 55.0 Å². The summed E-state index contributed by atoms with van der Waals surface area (Å²) in [5.74, 6) is -1.33. The molecule has 0 bridgehead atoms. The van der Waals surface area contributed by atoms with Crippen LogP contribution in [0, 0.1) is 5.92 Å². The van der Waals surface area contributed by atoms with Crippen molar-refractivity contribution >= 4 is 50.6 Å². The third-order valence-electron chi connectivity index (χ3n) is 7.92. The Morgan fingerprint density at radius 2 is 1.56 bits per heavy atom. The molecule has 3 atom stereocenters. The summed E-state index contributed by atoms with van der Waals surface area (Å²) in [6.45, 7) is 7.31. The van der Waals surface area contributed by atoms with Gasteiger partial charge in [0, 0.05) is 30.4 Å². The number of hydrogen-bond acceptors (Lipinski definition) is 5. The van der Waals surface area contributed by atoms with Gasteiger partial charge in [0.2, 0.25) is 11.8 Å². The number of rotatable bonds is 13. The van der Waals surface area contributed by atoms with Crippen LogP contribution >= 0.6 is 15.9 Å². The van der Waals surface area contributed by atoms with Crippen LogP contribution in [0.15, 0.2) is 28.9 Å². The number of nitrogens with one attached hydrogen (secondary N) is 4. The summed E-state index contributed by atoms with van der Waals surface area (Å²) in [4.78, 5) is 58.4. The number of para-hydroxylation sites is 1. The number of aromatic amines is 1. The number of H-pyrrole nitrogens is 1. The van der Waals surface area contributed by atoms with Gasteiger partial charge in [-0.3, -0.25) is 9.59 Å². The lowest BCUT2D eigenvalue weighted by atomic mass is 10.0. The smallest absolute Gasteiger partial charge is 0.328 e. The van der Waals surface area contributed by atoms with E-state index in [1.54, 1.807) is 4.90 Å². The standard InChI is InChI=1S/C32H48BrN5O5/c1-5-6-15-25(31(41)43-4)35-30(40)27(20-23-22-14-10-11-16-24(22)34-28(23)33)36-29(39)26(19-21(2)3)37-32(42)38-17-12-8-7-9-13-18-38/h10-11,14,16,21,25-27,34H,5-9,12-13,15,17-20H2,1-4H3,(H,35,40)(H,36,39)(H,37,42)/t25-,26+,27-/m1/s1. The number of unbranched alkanes of at least 4 members (excludes halogenated alkanes) is 1. The second-order valence-electron chi connectivity index (χ2n) is 11.8. The maximum absolute atomic E-state index is 13.8. The van der Waals surface area contributed by atoms with E-state index in [9.17, 15) is 19.2 Å². The maximum atomic E-state index is 13.8. The molecule has 2 heterocycles. The van der Waals surface area contributed by atoms with E-state index in [2.05, 4.69) is 36.9 Å². The van der Waals surface area contributed by atoms with Gasteiger partial charge in [0.15, 0.2) is 0 Å². The molecule has 10 nitrogen and oxygen atoms in total. The van der Waals surface area contributed by atoms with Crippen molar-refractivity contribution < 1.29 is 23.9 Å². The van der Waals surface area contributed by atoms with Gasteiger partial charge in [0.1, 0.15) is 18.1 Å². The minimum Gasteiger partial charge on any atom is -0.467 e. The summed E-state index contributed by atoms with van der Waals surface area (Å²) in [6, 6.07) is 4.80. The number of fused-ring (bicyclic) bond motifs is 1. The normalized spacial score (nSPS) is 16.1. The van der Waals surface area contributed by atoms with Crippen LogP contribution in [0.25, 0.3) is 10.9 Å². The lowest BCUT2D eigenvalue weighted by Crippen LogP contribution is -2.58. The average molecular weight is 663 g/mol. The summed E-state index contributed by atoms with van der Waals surface area (Å²) in [6.07, 6.45) is 7.81. The largest absolute Gasteiger partial charge is 0.467 e. The van der Waals surface area contributed by atoms with E-state index in [-0.39, 0.29) is 18.4 Å². The number of ether oxygens (including phenoxy) is 1. The highest BCUT2D eigenvalue weighted by molar-refractivity contribution is 9.10. The lowest BCUT2D eigenvalue weighted by molar-refractivity contribution is -0.145. The number of esters is 1. The van der Waals surface area contributed by atoms with Crippen molar-refractivity contribution in [3.8, 4) is 0 Å². The highest BCUT2D eigenvalue weighted by Crippen LogP contribution is 2.28. The molecule has 0 unspecified atom stereocenters. The van der Waals surface area contributed by atoms with E-state index in [1.807, 2.05) is 45.0 Å². The van der Waals surface area contributed by atoms with Gasteiger partial charge >= 0.3 is 12.0 Å². The van der Waals surface area contributed by atoms with E-state index < -0.39 is 35.9 Å². The van der Waals surface area contributed by atoms with Gasteiger partial charge in [-0.1, -0.05) is 71.1 Å². The van der Waals surface area contributed by atoms with Crippen molar-refractivity contribution in [2.45, 2.75) is 103 Å². The topological polar surface area (TPSA) is 133 Å². The third-order valence-corrected chi connectivity index (χ3v) is 8.59. The summed E-state index contributed by atoms with van der Waals surface area (Å²) in [5.41, 5.74) is 1.72. The van der Waals surface area contributed by atoms with Crippen molar-refractivity contribution in [3.63, 3.8) is 0 Å². The molecule has 0 saturated carbocycles. The number of urea groups is 1. The first kappa shape index (κ1) is 34.4. The van der Waals surface area contributed by atoms with Crippen LogP contribution in [0.3, 0.4) is 0 Å². The van der Waals surface area contributed by atoms with Gasteiger partial charge < -0.3 is 30.6 Å². The molecule has 0 aliphatic carbocycles. The van der Waals surface area contributed by atoms with Crippen LogP contribution in [-0.2, 0) is 25.5 Å². The SMILES string of the molecule is CCCC[C@@H](NC(=O)[C@@H](Cc1c(Br)[nH]c2ccccc12)NC(=O)[C@H](CC(C)C)NC(=O)N1CCCCCCC1)C(=O)OC. The highest BCUT2D eigenvalue weighted by Gasteiger charge is 2.32. The van der Waals surface area contributed by atoms with E-state index in [4.69, 9.17) is 4.74 Å². The van der Waals surface area contributed by atoms with Gasteiger partial charge in [0.25, 0.3) is 0 Å². The first-order chi connectivity index (χ1) is 20.6. The fourth-order valence-corrected chi connectivity index (χ4v) is 6.11. The number of likely N-dealkylation sites (tertiary alicyclic amines) is 1. The van der Waals surface area contributed by atoms with Gasteiger partial charge in [-0.15, -0.1) is 0 Å². The Labute approximate surface area is 263 Å². The van der Waals surface area contributed by atoms with Crippen LogP contribution in [0.4, 0.5) is 4.79 Å². The molecule has 0 radical (unpaired) electrons. The van der Waals surface area contributed by atoms with E-state index in [1.165, 1.54) is 13.5 Å². The van der Waals surface area contributed by atoms with Crippen LogP contribution < -0.4 is 16.0 Å². The maximum Gasteiger partial charge on any atom is 0.328 e. The Balaban J connectivity index is 1.86. The van der Waals surface area contributed by atoms with Crippen molar-refractivity contribution in [2.24, 2.45) is 5.92 Å². The van der Waals surface area contributed by atoms with Crippen LogP contribution in [0.2, 0.25) is 0 Å². The van der Waals surface area contributed by atoms with Crippen molar-refractivity contribution in [1.82, 2.24) is 25.8 Å². The molecule has 2 aromatic rings. The number of halogens is 1. The number of amides is 4. The Hall–Kier alpha value is -3.08. The number of methoxy groups -OCH3 is 1. The first-order valence-corrected chi connectivity index (χ1v) is 16.4. The summed E-state index contributed by atoms with van der Waals surface area (Å²) in [7, 11) is 1.29. The molecule has 4 amide bonds. The Morgan fingerprint density at radius 3 is 2.21 bits per heavy atom. The predicted molar refractivity (Wildman–Crippen MR) is 172 cm³/mol. The van der Waals surface area contributed by atoms with Crippen LogP contribution in [0.5, 0.6) is 0 Å². The Bertz CT molecular complexity index is 1220. The molecular weight excluding hydrogens is 614 g/mol. The lowest BCUT2D eigenvalue weighted by Gasteiger charge is -2.29. The highest BCUT2D eigenvalue weighted by atomic mass is 79.9. The molecule has 238 valence electrons. The monoisotopic (exact) mass is 661 g/mol. The summed E-state index contributed by atoms with van der Waals surface area (Å²) in [5, 5.41) is 9.63.